The van der Waals surface area contributed by atoms with Gasteiger partial charge in [-0.2, -0.15) is 4.31 Å². The minimum absolute atomic E-state index is 0.149. The molecule has 1 aliphatic rings. The largest absolute Gasteiger partial charge is 0.495 e. The first-order chi connectivity index (χ1) is 10.9. The molecular weight excluding hydrogens is 340 g/mol. The summed E-state index contributed by atoms with van der Waals surface area (Å²) in [6.45, 7) is 2.23. The number of sulfonamides is 1. The van der Waals surface area contributed by atoms with Gasteiger partial charge in [-0.25, -0.2) is 8.42 Å². The molecule has 2 heterocycles. The summed E-state index contributed by atoms with van der Waals surface area (Å²) in [5.74, 6) is 1.10. The molecular formula is C15H17ClN2O4S. The Bertz CT molecular complexity index is 819. The predicted molar refractivity (Wildman–Crippen MR) is 85.1 cm³/mol. The van der Waals surface area contributed by atoms with E-state index in [-0.39, 0.29) is 16.0 Å². The zero-order chi connectivity index (χ0) is 16.6. The van der Waals surface area contributed by atoms with Crippen LogP contribution in [0.4, 0.5) is 0 Å². The van der Waals surface area contributed by atoms with Gasteiger partial charge in [-0.3, -0.25) is 0 Å². The molecule has 1 aromatic heterocycles. The van der Waals surface area contributed by atoms with Gasteiger partial charge in [0.25, 0.3) is 0 Å². The highest BCUT2D eigenvalue weighted by atomic mass is 35.5. The van der Waals surface area contributed by atoms with Crippen molar-refractivity contribution in [3.8, 4) is 5.75 Å². The molecule has 0 amide bonds. The molecule has 0 unspecified atom stereocenters. The second kappa shape index (κ2) is 6.14. The molecule has 0 bridgehead atoms. The highest BCUT2D eigenvalue weighted by Crippen LogP contribution is 2.37. The number of aryl methyl sites for hydroxylation is 1. The number of methoxy groups -OCH3 is 1. The first-order valence-corrected chi connectivity index (χ1v) is 9.04. The molecule has 1 fully saturated rings. The highest BCUT2D eigenvalue weighted by Gasteiger charge is 2.38. The smallest absolute Gasteiger partial charge is 0.243 e. The molecule has 1 saturated heterocycles. The number of aromatic nitrogens is 1. The van der Waals surface area contributed by atoms with Crippen LogP contribution in [0.1, 0.15) is 30.3 Å². The van der Waals surface area contributed by atoms with Crippen molar-refractivity contribution in [3.63, 3.8) is 0 Å². The summed E-state index contributed by atoms with van der Waals surface area (Å²) < 4.78 is 37.5. The van der Waals surface area contributed by atoms with Crippen LogP contribution in [0, 0.1) is 6.92 Å². The van der Waals surface area contributed by atoms with Crippen LogP contribution in [0.5, 0.6) is 5.75 Å². The Kier molecular flexibility index (Phi) is 4.35. The molecule has 1 aromatic carbocycles. The van der Waals surface area contributed by atoms with Gasteiger partial charge >= 0.3 is 0 Å². The van der Waals surface area contributed by atoms with E-state index in [4.69, 9.17) is 20.9 Å². The third-order valence-corrected chi connectivity index (χ3v) is 6.12. The number of benzene rings is 1. The molecule has 6 nitrogen and oxygen atoms in total. The summed E-state index contributed by atoms with van der Waals surface area (Å²) >= 11 is 6.06. The number of hydrogen-bond donors (Lipinski definition) is 0. The van der Waals surface area contributed by atoms with E-state index in [0.29, 0.717) is 23.7 Å². The second-order valence-electron chi connectivity index (χ2n) is 5.43. The summed E-state index contributed by atoms with van der Waals surface area (Å²) in [6.07, 6.45) is 1.49. The van der Waals surface area contributed by atoms with Gasteiger partial charge in [0.15, 0.2) is 0 Å². The standard InChI is InChI=1S/C15H17ClN2O4S/c1-10-8-13(17-22-10)14-4-3-7-18(14)23(19,20)11-5-6-15(21-2)12(16)9-11/h5-6,8-9,14H,3-4,7H2,1-2H3/t14-/m1/s1. The van der Waals surface area contributed by atoms with E-state index in [0.717, 1.165) is 12.8 Å². The normalized spacial score (nSPS) is 19.2. The average molecular weight is 357 g/mol. The minimum atomic E-state index is -3.66. The maximum atomic E-state index is 12.9. The zero-order valence-electron chi connectivity index (χ0n) is 12.8. The zero-order valence-corrected chi connectivity index (χ0v) is 14.4. The van der Waals surface area contributed by atoms with Crippen LogP contribution < -0.4 is 4.74 Å². The average Bonchev–Trinajstić information content (AvgIpc) is 3.15. The van der Waals surface area contributed by atoms with Crippen LogP contribution >= 0.6 is 11.6 Å². The summed E-state index contributed by atoms with van der Waals surface area (Å²) in [4.78, 5) is 0.149. The van der Waals surface area contributed by atoms with E-state index >= 15 is 0 Å². The van der Waals surface area contributed by atoms with Crippen molar-refractivity contribution < 1.29 is 17.7 Å². The van der Waals surface area contributed by atoms with Gasteiger partial charge in [-0.05, 0) is 38.0 Å². The molecule has 23 heavy (non-hydrogen) atoms. The van der Waals surface area contributed by atoms with E-state index in [1.54, 1.807) is 19.1 Å². The fourth-order valence-corrected chi connectivity index (χ4v) is 4.83. The Morgan fingerprint density at radius 1 is 1.39 bits per heavy atom. The topological polar surface area (TPSA) is 72.6 Å². The molecule has 0 spiro atoms. The lowest BCUT2D eigenvalue weighted by Gasteiger charge is -2.22. The minimum Gasteiger partial charge on any atom is -0.495 e. The Hall–Kier alpha value is -1.57. The van der Waals surface area contributed by atoms with Gasteiger partial charge in [0.2, 0.25) is 10.0 Å². The van der Waals surface area contributed by atoms with Crippen LogP contribution in [-0.2, 0) is 10.0 Å². The van der Waals surface area contributed by atoms with E-state index in [1.165, 1.54) is 23.5 Å². The highest BCUT2D eigenvalue weighted by molar-refractivity contribution is 7.89. The van der Waals surface area contributed by atoms with Crippen molar-refractivity contribution >= 4 is 21.6 Å². The van der Waals surface area contributed by atoms with Crippen molar-refractivity contribution in [1.82, 2.24) is 9.46 Å². The van der Waals surface area contributed by atoms with E-state index in [2.05, 4.69) is 5.16 Å². The molecule has 2 aromatic rings. The molecule has 0 radical (unpaired) electrons. The number of nitrogens with zero attached hydrogens (tertiary/aromatic N) is 2. The number of ether oxygens (including phenoxy) is 1. The van der Waals surface area contributed by atoms with Crippen molar-refractivity contribution in [2.75, 3.05) is 13.7 Å². The summed E-state index contributed by atoms with van der Waals surface area (Å²) in [5, 5.41) is 4.24. The third-order valence-electron chi connectivity index (χ3n) is 3.92. The lowest BCUT2D eigenvalue weighted by Crippen LogP contribution is -2.30. The molecule has 8 heteroatoms. The van der Waals surface area contributed by atoms with Gasteiger partial charge in [-0.1, -0.05) is 16.8 Å². The fourth-order valence-electron chi connectivity index (χ4n) is 2.81. The number of halogens is 1. The third kappa shape index (κ3) is 2.96. The van der Waals surface area contributed by atoms with Crippen molar-refractivity contribution in [2.45, 2.75) is 30.7 Å². The SMILES string of the molecule is COc1ccc(S(=O)(=O)N2CCC[C@@H]2c2cc(C)on2)cc1Cl. The molecule has 1 atom stereocenters. The van der Waals surface area contributed by atoms with Gasteiger partial charge in [0.1, 0.15) is 17.2 Å². The summed E-state index contributed by atoms with van der Waals surface area (Å²) in [6, 6.07) is 5.95. The van der Waals surface area contributed by atoms with Crippen LogP contribution in [0.25, 0.3) is 0 Å². The Labute approximate surface area is 140 Å². The molecule has 0 saturated carbocycles. The maximum absolute atomic E-state index is 12.9. The lowest BCUT2D eigenvalue weighted by atomic mass is 10.1. The Morgan fingerprint density at radius 2 is 2.17 bits per heavy atom. The maximum Gasteiger partial charge on any atom is 0.243 e. The molecule has 1 aliphatic heterocycles. The molecule has 0 aliphatic carbocycles. The van der Waals surface area contributed by atoms with Gasteiger partial charge in [0, 0.05) is 12.6 Å². The molecule has 3 rings (SSSR count). The van der Waals surface area contributed by atoms with E-state index in [9.17, 15) is 8.42 Å². The second-order valence-corrected chi connectivity index (χ2v) is 7.73. The first kappa shape index (κ1) is 16.3. The quantitative estimate of drug-likeness (QED) is 0.841. The predicted octanol–water partition coefficient (Wildman–Crippen LogP) is 3.17. The van der Waals surface area contributed by atoms with Gasteiger partial charge in [0.05, 0.1) is 23.1 Å². The molecule has 124 valence electrons. The lowest BCUT2D eigenvalue weighted by molar-refractivity contribution is 0.349. The fraction of sp³-hybridized carbons (Fsp3) is 0.400. The van der Waals surface area contributed by atoms with Crippen LogP contribution in [-0.4, -0.2) is 31.5 Å². The van der Waals surface area contributed by atoms with Crippen molar-refractivity contribution in [2.24, 2.45) is 0 Å². The van der Waals surface area contributed by atoms with Gasteiger partial charge in [-0.15, -0.1) is 0 Å². The van der Waals surface area contributed by atoms with Crippen LogP contribution in [0.2, 0.25) is 5.02 Å². The summed E-state index contributed by atoms with van der Waals surface area (Å²) in [7, 11) is -2.18. The monoisotopic (exact) mass is 356 g/mol. The van der Waals surface area contributed by atoms with Crippen LogP contribution in [0.15, 0.2) is 33.7 Å². The summed E-state index contributed by atoms with van der Waals surface area (Å²) in [5.41, 5.74) is 0.642. The number of rotatable bonds is 4. The van der Waals surface area contributed by atoms with E-state index < -0.39 is 10.0 Å². The van der Waals surface area contributed by atoms with Crippen LogP contribution in [0.3, 0.4) is 0 Å². The van der Waals surface area contributed by atoms with E-state index in [1.807, 2.05) is 0 Å². The molecule has 0 N–H and O–H groups in total. The number of hydrogen-bond acceptors (Lipinski definition) is 5. The Balaban J connectivity index is 1.96. The van der Waals surface area contributed by atoms with Crippen molar-refractivity contribution in [1.29, 1.82) is 0 Å². The van der Waals surface area contributed by atoms with Gasteiger partial charge < -0.3 is 9.26 Å². The van der Waals surface area contributed by atoms with Crippen molar-refractivity contribution in [3.05, 3.63) is 40.7 Å². The Morgan fingerprint density at radius 3 is 2.78 bits per heavy atom. The first-order valence-electron chi connectivity index (χ1n) is 7.22.